The molecular weight excluding hydrogens is 276 g/mol. The lowest BCUT2D eigenvalue weighted by atomic mass is 10.2. The number of anilines is 1. The zero-order valence-electron chi connectivity index (χ0n) is 10.5. The van der Waals surface area contributed by atoms with Crippen LogP contribution < -0.4 is 4.90 Å². The first-order chi connectivity index (χ1) is 9.66. The molecule has 1 aromatic heterocycles. The molecule has 0 bridgehead atoms. The molecule has 3 rings (SSSR count). The minimum atomic E-state index is -1.02. The van der Waals surface area contributed by atoms with Crippen molar-refractivity contribution >= 4 is 29.3 Å². The number of aliphatic carboxylic acids is 1. The molecule has 0 saturated heterocycles. The Hall–Kier alpha value is -2.21. The van der Waals surface area contributed by atoms with Gasteiger partial charge in [0.15, 0.2) is 0 Å². The standard InChI is InChI=1S/C14H12N2O3S/c17-12-9-20-13-6-3-7-15(13)10-4-1-2-5-11(10)16(12)8-14(18)19/h1-7H,8-9H2,(H,18,19). The summed E-state index contributed by atoms with van der Waals surface area (Å²) in [7, 11) is 0. The van der Waals surface area contributed by atoms with Gasteiger partial charge >= 0.3 is 5.97 Å². The number of amides is 1. The van der Waals surface area contributed by atoms with Crippen LogP contribution in [0.1, 0.15) is 0 Å². The summed E-state index contributed by atoms with van der Waals surface area (Å²) in [5.41, 5.74) is 1.44. The van der Waals surface area contributed by atoms with Gasteiger partial charge in [0.1, 0.15) is 6.54 Å². The highest BCUT2D eigenvalue weighted by Gasteiger charge is 2.25. The monoisotopic (exact) mass is 288 g/mol. The second-order valence-electron chi connectivity index (χ2n) is 4.37. The number of carboxylic acid groups (broad SMARTS) is 1. The number of para-hydroxylation sites is 2. The lowest BCUT2D eigenvalue weighted by Gasteiger charge is -2.26. The normalized spacial score (nSPS) is 14.2. The van der Waals surface area contributed by atoms with Crippen molar-refractivity contribution in [3.63, 3.8) is 0 Å². The van der Waals surface area contributed by atoms with Gasteiger partial charge in [-0.05, 0) is 24.3 Å². The van der Waals surface area contributed by atoms with E-state index in [1.54, 1.807) is 12.1 Å². The van der Waals surface area contributed by atoms with Crippen LogP contribution in [-0.4, -0.2) is 33.8 Å². The van der Waals surface area contributed by atoms with Crippen molar-refractivity contribution in [3.05, 3.63) is 42.6 Å². The largest absolute Gasteiger partial charge is 0.480 e. The third-order valence-corrected chi connectivity index (χ3v) is 4.10. The van der Waals surface area contributed by atoms with E-state index in [2.05, 4.69) is 0 Å². The molecule has 1 aliphatic heterocycles. The van der Waals surface area contributed by atoms with Crippen molar-refractivity contribution in [3.8, 4) is 5.69 Å². The third kappa shape index (κ3) is 2.18. The van der Waals surface area contributed by atoms with Crippen LogP contribution in [0.15, 0.2) is 47.6 Å². The van der Waals surface area contributed by atoms with Crippen molar-refractivity contribution in [1.29, 1.82) is 0 Å². The fraction of sp³-hybridized carbons (Fsp3) is 0.143. The Kier molecular flexibility index (Phi) is 3.23. The first kappa shape index (κ1) is 12.8. The number of hydrogen-bond acceptors (Lipinski definition) is 3. The minimum Gasteiger partial charge on any atom is -0.480 e. The van der Waals surface area contributed by atoms with E-state index in [4.69, 9.17) is 5.11 Å². The highest BCUT2D eigenvalue weighted by molar-refractivity contribution is 7.99. The van der Waals surface area contributed by atoms with E-state index in [-0.39, 0.29) is 18.2 Å². The first-order valence-electron chi connectivity index (χ1n) is 6.08. The summed E-state index contributed by atoms with van der Waals surface area (Å²) in [4.78, 5) is 24.6. The zero-order valence-corrected chi connectivity index (χ0v) is 11.3. The summed E-state index contributed by atoms with van der Waals surface area (Å²) >= 11 is 1.41. The van der Waals surface area contributed by atoms with Gasteiger partial charge < -0.3 is 9.67 Å². The van der Waals surface area contributed by atoms with Crippen LogP contribution in [0.3, 0.4) is 0 Å². The number of benzene rings is 1. The molecule has 1 N–H and O–H groups in total. The van der Waals surface area contributed by atoms with E-state index in [1.807, 2.05) is 35.0 Å². The predicted octanol–water partition coefficient (Wildman–Crippen LogP) is 2.00. The highest BCUT2D eigenvalue weighted by Crippen LogP contribution is 2.32. The number of aromatic nitrogens is 1. The SMILES string of the molecule is O=C(O)CN1C(=O)CSc2cccn2-c2ccccc21. The summed E-state index contributed by atoms with van der Waals surface area (Å²) < 4.78 is 1.97. The van der Waals surface area contributed by atoms with Gasteiger partial charge in [0.05, 0.1) is 22.2 Å². The maximum atomic E-state index is 12.2. The van der Waals surface area contributed by atoms with Crippen molar-refractivity contribution in [1.82, 2.24) is 4.57 Å². The number of nitrogens with zero attached hydrogens (tertiary/aromatic N) is 2. The van der Waals surface area contributed by atoms with Gasteiger partial charge in [-0.3, -0.25) is 14.5 Å². The van der Waals surface area contributed by atoms with Gasteiger partial charge in [0, 0.05) is 6.20 Å². The third-order valence-electron chi connectivity index (χ3n) is 3.08. The fourth-order valence-corrected chi connectivity index (χ4v) is 3.13. The summed E-state index contributed by atoms with van der Waals surface area (Å²) in [5, 5.41) is 9.99. The molecule has 6 heteroatoms. The molecule has 102 valence electrons. The molecular formula is C14H12N2O3S. The summed E-state index contributed by atoms with van der Waals surface area (Å²) in [6, 6.07) is 11.2. The summed E-state index contributed by atoms with van der Waals surface area (Å²) in [6.07, 6.45) is 1.91. The Morgan fingerprint density at radius 3 is 2.70 bits per heavy atom. The van der Waals surface area contributed by atoms with Crippen molar-refractivity contribution in [2.45, 2.75) is 5.03 Å². The van der Waals surface area contributed by atoms with E-state index >= 15 is 0 Å². The number of carbonyl (C=O) groups excluding carboxylic acids is 1. The minimum absolute atomic E-state index is 0.197. The lowest BCUT2D eigenvalue weighted by molar-refractivity contribution is -0.136. The topological polar surface area (TPSA) is 62.5 Å². The second-order valence-corrected chi connectivity index (χ2v) is 5.36. The Labute approximate surface area is 119 Å². The molecule has 1 amide bonds. The molecule has 20 heavy (non-hydrogen) atoms. The van der Waals surface area contributed by atoms with Crippen LogP contribution >= 0.6 is 11.8 Å². The number of rotatable bonds is 2. The number of hydrogen-bond donors (Lipinski definition) is 1. The Balaban J connectivity index is 2.17. The average molecular weight is 288 g/mol. The molecule has 2 heterocycles. The lowest BCUT2D eigenvalue weighted by Crippen LogP contribution is -2.38. The van der Waals surface area contributed by atoms with E-state index in [0.717, 1.165) is 10.7 Å². The van der Waals surface area contributed by atoms with Crippen molar-refractivity contribution < 1.29 is 14.7 Å². The fourth-order valence-electron chi connectivity index (χ4n) is 2.23. The van der Waals surface area contributed by atoms with Gasteiger partial charge in [-0.2, -0.15) is 0 Å². The molecule has 0 spiro atoms. The Morgan fingerprint density at radius 2 is 1.95 bits per heavy atom. The summed E-state index contributed by atoms with van der Waals surface area (Å²) in [5.74, 6) is -0.991. The van der Waals surface area contributed by atoms with Gasteiger partial charge in [-0.15, -0.1) is 0 Å². The van der Waals surface area contributed by atoms with E-state index in [0.29, 0.717) is 5.69 Å². The van der Waals surface area contributed by atoms with E-state index in [9.17, 15) is 9.59 Å². The zero-order chi connectivity index (χ0) is 14.1. The van der Waals surface area contributed by atoms with Crippen LogP contribution in [0.5, 0.6) is 0 Å². The highest BCUT2D eigenvalue weighted by atomic mass is 32.2. The van der Waals surface area contributed by atoms with Gasteiger partial charge in [-0.1, -0.05) is 23.9 Å². The quantitative estimate of drug-likeness (QED) is 0.918. The molecule has 0 aliphatic carbocycles. The molecule has 0 unspecified atom stereocenters. The number of carbonyl (C=O) groups is 2. The van der Waals surface area contributed by atoms with E-state index in [1.165, 1.54) is 16.7 Å². The van der Waals surface area contributed by atoms with Gasteiger partial charge in [0.25, 0.3) is 0 Å². The van der Waals surface area contributed by atoms with Crippen molar-refractivity contribution in [2.24, 2.45) is 0 Å². The molecule has 2 aromatic rings. The average Bonchev–Trinajstić information content (AvgIpc) is 2.89. The Morgan fingerprint density at radius 1 is 1.20 bits per heavy atom. The smallest absolute Gasteiger partial charge is 0.323 e. The van der Waals surface area contributed by atoms with Crippen LogP contribution in [0.2, 0.25) is 0 Å². The first-order valence-corrected chi connectivity index (χ1v) is 7.07. The molecule has 0 fully saturated rings. The molecule has 1 aromatic carbocycles. The molecule has 0 saturated carbocycles. The number of thioether (sulfide) groups is 1. The van der Waals surface area contributed by atoms with Gasteiger partial charge in [0.2, 0.25) is 5.91 Å². The molecule has 0 atom stereocenters. The van der Waals surface area contributed by atoms with Crippen LogP contribution in [-0.2, 0) is 9.59 Å². The van der Waals surface area contributed by atoms with E-state index < -0.39 is 5.97 Å². The maximum Gasteiger partial charge on any atom is 0.323 e. The second kappa shape index (κ2) is 5.05. The maximum absolute atomic E-state index is 12.2. The van der Waals surface area contributed by atoms with Crippen LogP contribution in [0, 0.1) is 0 Å². The van der Waals surface area contributed by atoms with Crippen LogP contribution in [0.4, 0.5) is 5.69 Å². The summed E-state index contributed by atoms with van der Waals surface area (Å²) in [6.45, 7) is -0.326. The Bertz CT molecular complexity index is 681. The molecule has 5 nitrogen and oxygen atoms in total. The van der Waals surface area contributed by atoms with Crippen molar-refractivity contribution in [2.75, 3.05) is 17.2 Å². The predicted molar refractivity (Wildman–Crippen MR) is 76.5 cm³/mol. The van der Waals surface area contributed by atoms with Gasteiger partial charge in [-0.25, -0.2) is 0 Å². The van der Waals surface area contributed by atoms with Crippen LogP contribution in [0.25, 0.3) is 5.69 Å². The molecule has 0 radical (unpaired) electrons. The molecule has 1 aliphatic rings. The number of fused-ring (bicyclic) bond motifs is 3. The number of carboxylic acids is 1.